The molecule has 3 rings (SSSR count). The highest BCUT2D eigenvalue weighted by Crippen LogP contribution is 2.24. The Morgan fingerprint density at radius 3 is 3.00 bits per heavy atom. The van der Waals surface area contributed by atoms with Gasteiger partial charge < -0.3 is 14.5 Å². The van der Waals surface area contributed by atoms with E-state index < -0.39 is 5.76 Å². The van der Waals surface area contributed by atoms with Crippen LogP contribution in [0.2, 0.25) is 0 Å². The first kappa shape index (κ1) is 11.7. The first-order valence-corrected chi connectivity index (χ1v) is 5.97. The Labute approximate surface area is 108 Å². The summed E-state index contributed by atoms with van der Waals surface area (Å²) in [6.07, 6.45) is 0.488. The minimum absolute atomic E-state index is 0.0537. The van der Waals surface area contributed by atoms with E-state index in [0.29, 0.717) is 17.5 Å². The Hall–Kier alpha value is -2.34. The summed E-state index contributed by atoms with van der Waals surface area (Å²) in [5, 5.41) is 8.92. The number of rotatable bonds is 3. The molecule has 6 nitrogen and oxygen atoms in total. The zero-order chi connectivity index (χ0) is 13.4. The average Bonchev–Trinajstić information content (AvgIpc) is 2.90. The lowest BCUT2D eigenvalue weighted by Gasteiger charge is -1.97. The van der Waals surface area contributed by atoms with Crippen LogP contribution in [0.3, 0.4) is 0 Å². The Bertz CT molecular complexity index is 782. The molecule has 0 saturated carbocycles. The van der Waals surface area contributed by atoms with Crippen molar-refractivity contribution in [2.75, 3.05) is 6.61 Å². The van der Waals surface area contributed by atoms with Crippen molar-refractivity contribution >= 4 is 11.1 Å². The highest BCUT2D eigenvalue weighted by Gasteiger charge is 2.10. The second-order valence-electron chi connectivity index (χ2n) is 4.36. The number of nitrogens with zero attached hydrogens (tertiary/aromatic N) is 1. The molecule has 98 valence electrons. The van der Waals surface area contributed by atoms with Crippen LogP contribution in [-0.4, -0.2) is 26.7 Å². The highest BCUT2D eigenvalue weighted by molar-refractivity contribution is 5.79. The second-order valence-corrected chi connectivity index (χ2v) is 4.36. The summed E-state index contributed by atoms with van der Waals surface area (Å²) in [4.78, 5) is 21.3. The maximum absolute atomic E-state index is 11.1. The van der Waals surface area contributed by atoms with Gasteiger partial charge in [0.25, 0.3) is 0 Å². The van der Waals surface area contributed by atoms with Crippen LogP contribution in [0.4, 0.5) is 0 Å². The minimum atomic E-state index is -0.466. The van der Waals surface area contributed by atoms with Gasteiger partial charge in [0.05, 0.1) is 17.8 Å². The zero-order valence-corrected chi connectivity index (χ0v) is 10.4. The van der Waals surface area contributed by atoms with E-state index in [4.69, 9.17) is 9.52 Å². The largest absolute Gasteiger partial charge is 0.417 e. The fraction of sp³-hybridized carbons (Fsp3) is 0.231. The van der Waals surface area contributed by atoms with E-state index in [1.165, 1.54) is 0 Å². The summed E-state index contributed by atoms with van der Waals surface area (Å²) in [5.41, 5.74) is 3.76. The van der Waals surface area contributed by atoms with E-state index >= 15 is 0 Å². The van der Waals surface area contributed by atoms with Crippen LogP contribution in [0.1, 0.15) is 11.5 Å². The Morgan fingerprint density at radius 2 is 2.21 bits per heavy atom. The van der Waals surface area contributed by atoms with Gasteiger partial charge in [-0.1, -0.05) is 6.07 Å². The molecule has 3 N–H and O–H groups in total. The van der Waals surface area contributed by atoms with Crippen molar-refractivity contribution in [1.29, 1.82) is 0 Å². The number of nitrogens with one attached hydrogen (secondary N) is 2. The summed E-state index contributed by atoms with van der Waals surface area (Å²) >= 11 is 0. The van der Waals surface area contributed by atoms with Gasteiger partial charge in [-0.2, -0.15) is 0 Å². The molecule has 6 heteroatoms. The topological polar surface area (TPSA) is 94.9 Å². The standard InChI is InChI=1S/C13H13N3O3/c1-7-12(16-11(14-7)4-5-17)8-2-3-9-10(6-8)19-13(18)15-9/h2-3,6,17H,4-5H2,1H3,(H,14,16)(H,15,18). The summed E-state index contributed by atoms with van der Waals surface area (Å²) < 4.78 is 5.04. The molecule has 0 saturated heterocycles. The van der Waals surface area contributed by atoms with E-state index in [1.54, 1.807) is 12.1 Å². The molecule has 2 aromatic heterocycles. The molecule has 0 fully saturated rings. The number of imidazole rings is 1. The van der Waals surface area contributed by atoms with Crippen LogP contribution in [0.25, 0.3) is 22.4 Å². The number of hydrogen-bond donors (Lipinski definition) is 3. The first-order chi connectivity index (χ1) is 9.17. The number of hydrogen-bond acceptors (Lipinski definition) is 4. The summed E-state index contributed by atoms with van der Waals surface area (Å²) in [6, 6.07) is 5.44. The molecule has 1 aromatic carbocycles. The van der Waals surface area contributed by atoms with Crippen LogP contribution < -0.4 is 5.76 Å². The Kier molecular flexibility index (Phi) is 2.72. The summed E-state index contributed by atoms with van der Waals surface area (Å²) in [7, 11) is 0. The van der Waals surface area contributed by atoms with Gasteiger partial charge in [-0.3, -0.25) is 4.98 Å². The van der Waals surface area contributed by atoms with Gasteiger partial charge in [-0.05, 0) is 19.1 Å². The maximum atomic E-state index is 11.1. The van der Waals surface area contributed by atoms with Crippen molar-refractivity contribution < 1.29 is 9.52 Å². The number of aromatic amines is 2. The smallest absolute Gasteiger partial charge is 0.408 e. The number of H-pyrrole nitrogens is 2. The van der Waals surface area contributed by atoms with E-state index in [9.17, 15) is 4.79 Å². The third-order valence-electron chi connectivity index (χ3n) is 2.98. The molecule has 0 atom stereocenters. The van der Waals surface area contributed by atoms with Gasteiger partial charge in [0.15, 0.2) is 5.58 Å². The maximum Gasteiger partial charge on any atom is 0.417 e. The third-order valence-corrected chi connectivity index (χ3v) is 2.98. The molecular weight excluding hydrogens is 246 g/mol. The number of aromatic nitrogens is 3. The van der Waals surface area contributed by atoms with Crippen LogP contribution in [0.5, 0.6) is 0 Å². The lowest BCUT2D eigenvalue weighted by atomic mass is 10.1. The molecule has 0 aliphatic carbocycles. The Balaban J connectivity index is 2.10. The van der Waals surface area contributed by atoms with Crippen LogP contribution in [-0.2, 0) is 6.42 Å². The van der Waals surface area contributed by atoms with Crippen LogP contribution >= 0.6 is 0 Å². The van der Waals surface area contributed by atoms with Gasteiger partial charge in [0.1, 0.15) is 5.82 Å². The number of aryl methyl sites for hydroxylation is 1. The van der Waals surface area contributed by atoms with E-state index in [-0.39, 0.29) is 6.61 Å². The van der Waals surface area contributed by atoms with Gasteiger partial charge in [-0.15, -0.1) is 0 Å². The first-order valence-electron chi connectivity index (χ1n) is 5.97. The minimum Gasteiger partial charge on any atom is -0.408 e. The number of aliphatic hydroxyl groups excluding tert-OH is 1. The molecule has 0 aliphatic heterocycles. The molecule has 2 heterocycles. The lowest BCUT2D eigenvalue weighted by molar-refractivity contribution is 0.297. The van der Waals surface area contributed by atoms with Gasteiger partial charge >= 0.3 is 5.76 Å². The summed E-state index contributed by atoms with van der Waals surface area (Å²) in [6.45, 7) is 1.97. The van der Waals surface area contributed by atoms with Crippen molar-refractivity contribution in [1.82, 2.24) is 15.0 Å². The van der Waals surface area contributed by atoms with Crippen molar-refractivity contribution in [2.45, 2.75) is 13.3 Å². The molecule has 0 aliphatic rings. The fourth-order valence-corrected chi connectivity index (χ4v) is 2.12. The van der Waals surface area contributed by atoms with E-state index in [1.807, 2.05) is 13.0 Å². The molecule has 0 unspecified atom stereocenters. The number of fused-ring (bicyclic) bond motifs is 1. The normalized spacial score (nSPS) is 11.3. The Morgan fingerprint density at radius 1 is 1.37 bits per heavy atom. The van der Waals surface area contributed by atoms with Crippen molar-refractivity contribution in [3.8, 4) is 11.3 Å². The lowest BCUT2D eigenvalue weighted by Crippen LogP contribution is -1.92. The van der Waals surface area contributed by atoms with Crippen molar-refractivity contribution in [2.24, 2.45) is 0 Å². The molecular formula is C13H13N3O3. The fourth-order valence-electron chi connectivity index (χ4n) is 2.12. The van der Waals surface area contributed by atoms with Gasteiger partial charge in [-0.25, -0.2) is 9.78 Å². The molecule has 0 spiro atoms. The van der Waals surface area contributed by atoms with Crippen LogP contribution in [0, 0.1) is 6.92 Å². The number of aliphatic hydroxyl groups is 1. The average molecular weight is 259 g/mol. The van der Waals surface area contributed by atoms with Gasteiger partial charge in [0.2, 0.25) is 0 Å². The molecule has 0 radical (unpaired) electrons. The summed E-state index contributed by atoms with van der Waals surface area (Å²) in [5.74, 6) is 0.275. The number of benzene rings is 1. The van der Waals surface area contributed by atoms with Gasteiger partial charge in [0, 0.05) is 17.7 Å². The van der Waals surface area contributed by atoms with Crippen LogP contribution in [0.15, 0.2) is 27.4 Å². The molecule has 3 aromatic rings. The van der Waals surface area contributed by atoms with E-state index in [0.717, 1.165) is 22.8 Å². The highest BCUT2D eigenvalue weighted by atomic mass is 16.4. The second kappa shape index (κ2) is 4.40. The SMILES string of the molecule is Cc1[nH]c(CCO)nc1-c1ccc2[nH]c(=O)oc2c1. The molecule has 19 heavy (non-hydrogen) atoms. The predicted molar refractivity (Wildman–Crippen MR) is 69.9 cm³/mol. The quantitative estimate of drug-likeness (QED) is 0.661. The van der Waals surface area contributed by atoms with Crippen molar-refractivity contribution in [3.63, 3.8) is 0 Å². The predicted octanol–water partition coefficient (Wildman–Crippen LogP) is 1.35. The van der Waals surface area contributed by atoms with E-state index in [2.05, 4.69) is 15.0 Å². The zero-order valence-electron chi connectivity index (χ0n) is 10.4. The molecule has 0 amide bonds. The van der Waals surface area contributed by atoms with Crippen molar-refractivity contribution in [3.05, 3.63) is 40.3 Å². The monoisotopic (exact) mass is 259 g/mol. The third kappa shape index (κ3) is 2.06. The number of oxazole rings is 1. The molecule has 0 bridgehead atoms.